The van der Waals surface area contributed by atoms with Crippen LogP contribution < -0.4 is 16.0 Å². The van der Waals surface area contributed by atoms with Crippen molar-refractivity contribution in [3.63, 3.8) is 0 Å². The van der Waals surface area contributed by atoms with E-state index in [1.807, 2.05) is 0 Å². The molecule has 0 aliphatic rings. The Morgan fingerprint density at radius 2 is 1.66 bits per heavy atom. The summed E-state index contributed by atoms with van der Waals surface area (Å²) >= 11 is 8.25. The molecule has 0 unspecified atom stereocenters. The Balaban J connectivity index is 1.53. The molecule has 176 valence electrons. The van der Waals surface area contributed by atoms with Crippen LogP contribution in [-0.2, 0) is 4.79 Å². The van der Waals surface area contributed by atoms with Crippen LogP contribution >= 0.6 is 34.2 Å². The lowest BCUT2D eigenvalue weighted by molar-refractivity contribution is -0.114. The van der Waals surface area contributed by atoms with Gasteiger partial charge in [-0.15, -0.1) is 0 Å². The zero-order chi connectivity index (χ0) is 24.9. The number of anilines is 4. The third-order valence-corrected chi connectivity index (χ3v) is 6.00. The molecule has 0 aliphatic carbocycles. The molecule has 0 spiro atoms. The van der Waals surface area contributed by atoms with Crippen LogP contribution in [0, 0.1) is 9.39 Å². The first kappa shape index (κ1) is 24.6. The Morgan fingerprint density at radius 3 is 2.37 bits per heavy atom. The van der Waals surface area contributed by atoms with Gasteiger partial charge in [-0.1, -0.05) is 35.9 Å². The second-order valence-corrected chi connectivity index (χ2v) is 8.97. The molecule has 1 aromatic heterocycles. The van der Waals surface area contributed by atoms with Crippen molar-refractivity contribution in [2.75, 3.05) is 16.0 Å². The first-order valence-electron chi connectivity index (χ1n) is 10.3. The van der Waals surface area contributed by atoms with E-state index in [1.165, 1.54) is 6.92 Å². The smallest absolute Gasteiger partial charge is 0.258 e. The molecule has 7 nitrogen and oxygen atoms in total. The van der Waals surface area contributed by atoms with Gasteiger partial charge in [0, 0.05) is 33.1 Å². The number of rotatable bonds is 6. The highest BCUT2D eigenvalue weighted by Gasteiger charge is 2.15. The number of carbonyl (C=O) groups is 2. The van der Waals surface area contributed by atoms with Crippen molar-refractivity contribution in [3.8, 4) is 11.3 Å². The average molecular weight is 602 g/mol. The number of nitrogens with one attached hydrogen (secondary N) is 3. The number of hydrogen-bond donors (Lipinski definition) is 3. The fourth-order valence-corrected chi connectivity index (χ4v) is 4.42. The fraction of sp³-hybridized carbons (Fsp3) is 0.0400. The van der Waals surface area contributed by atoms with E-state index in [0.29, 0.717) is 33.2 Å². The lowest BCUT2D eigenvalue weighted by atomic mass is 10.1. The summed E-state index contributed by atoms with van der Waals surface area (Å²) in [5, 5.41) is 8.89. The SMILES string of the molecule is CC(=O)Nc1ccc(-c2nc(Nc3cccc(NC(=O)c4c(Cl)cccc4I)c3)ncc2F)cc1. The van der Waals surface area contributed by atoms with E-state index in [9.17, 15) is 14.0 Å². The minimum absolute atomic E-state index is 0.106. The maximum absolute atomic E-state index is 14.5. The molecular formula is C25H18ClFIN5O2. The van der Waals surface area contributed by atoms with Gasteiger partial charge >= 0.3 is 0 Å². The third kappa shape index (κ3) is 6.11. The monoisotopic (exact) mass is 601 g/mol. The van der Waals surface area contributed by atoms with Crippen molar-refractivity contribution in [2.24, 2.45) is 0 Å². The summed E-state index contributed by atoms with van der Waals surface area (Å²) in [6, 6.07) is 18.8. The van der Waals surface area contributed by atoms with Gasteiger partial charge in [0.05, 0.1) is 16.8 Å². The molecule has 10 heteroatoms. The topological polar surface area (TPSA) is 96.0 Å². The Kier molecular flexibility index (Phi) is 7.57. The molecule has 4 aromatic rings. The Bertz CT molecular complexity index is 1400. The van der Waals surface area contributed by atoms with Crippen molar-refractivity contribution < 1.29 is 14.0 Å². The van der Waals surface area contributed by atoms with E-state index in [-0.39, 0.29) is 23.5 Å². The van der Waals surface area contributed by atoms with Gasteiger partial charge in [0.2, 0.25) is 11.9 Å². The molecule has 1 heterocycles. The highest BCUT2D eigenvalue weighted by atomic mass is 127. The minimum atomic E-state index is -0.585. The molecule has 3 aromatic carbocycles. The molecule has 3 N–H and O–H groups in total. The molecule has 4 rings (SSSR count). The number of aromatic nitrogens is 2. The van der Waals surface area contributed by atoms with Crippen molar-refractivity contribution >= 4 is 69.0 Å². The van der Waals surface area contributed by atoms with E-state index in [0.717, 1.165) is 9.77 Å². The lowest BCUT2D eigenvalue weighted by Gasteiger charge is -2.11. The maximum atomic E-state index is 14.5. The van der Waals surface area contributed by atoms with Crippen LogP contribution in [-0.4, -0.2) is 21.8 Å². The zero-order valence-electron chi connectivity index (χ0n) is 18.3. The van der Waals surface area contributed by atoms with Crippen LogP contribution in [0.15, 0.2) is 72.9 Å². The van der Waals surface area contributed by atoms with E-state index in [1.54, 1.807) is 66.7 Å². The van der Waals surface area contributed by atoms with E-state index >= 15 is 0 Å². The van der Waals surface area contributed by atoms with Crippen LogP contribution in [0.5, 0.6) is 0 Å². The van der Waals surface area contributed by atoms with Gasteiger partial charge in [-0.2, -0.15) is 0 Å². The molecule has 0 saturated carbocycles. The molecule has 0 bridgehead atoms. The summed E-state index contributed by atoms with van der Waals surface area (Å²) in [6.45, 7) is 1.41. The van der Waals surface area contributed by atoms with Crippen molar-refractivity contribution in [1.29, 1.82) is 0 Å². The average Bonchev–Trinajstić information content (AvgIpc) is 2.81. The second kappa shape index (κ2) is 10.8. The van der Waals surface area contributed by atoms with Crippen LogP contribution in [0.2, 0.25) is 5.02 Å². The number of benzene rings is 3. The van der Waals surface area contributed by atoms with Gasteiger partial charge < -0.3 is 16.0 Å². The van der Waals surface area contributed by atoms with Crippen LogP contribution in [0.25, 0.3) is 11.3 Å². The van der Waals surface area contributed by atoms with Gasteiger partial charge in [0.15, 0.2) is 5.82 Å². The van der Waals surface area contributed by atoms with E-state index < -0.39 is 5.82 Å². The van der Waals surface area contributed by atoms with E-state index in [2.05, 4.69) is 48.5 Å². The maximum Gasteiger partial charge on any atom is 0.258 e. The number of nitrogens with zero attached hydrogens (tertiary/aromatic N) is 2. The number of amides is 2. The molecule has 2 amide bonds. The van der Waals surface area contributed by atoms with Crippen LogP contribution in [0.4, 0.5) is 27.4 Å². The second-order valence-electron chi connectivity index (χ2n) is 7.41. The Hall–Kier alpha value is -3.57. The molecule has 0 saturated heterocycles. The summed E-state index contributed by atoms with van der Waals surface area (Å²) < 4.78 is 15.2. The quantitative estimate of drug-likeness (QED) is 0.220. The first-order chi connectivity index (χ1) is 16.8. The minimum Gasteiger partial charge on any atom is -0.326 e. The molecule has 0 fully saturated rings. The normalized spacial score (nSPS) is 10.5. The van der Waals surface area contributed by atoms with Gasteiger partial charge in [0.1, 0.15) is 5.69 Å². The molecule has 0 aliphatic heterocycles. The zero-order valence-corrected chi connectivity index (χ0v) is 21.2. The van der Waals surface area contributed by atoms with Crippen molar-refractivity contribution in [1.82, 2.24) is 9.97 Å². The Morgan fingerprint density at radius 1 is 0.943 bits per heavy atom. The number of hydrogen-bond acceptors (Lipinski definition) is 5. The summed E-state index contributed by atoms with van der Waals surface area (Å²) in [6.07, 6.45) is 1.08. The number of carbonyl (C=O) groups excluding carboxylic acids is 2. The van der Waals surface area contributed by atoms with Crippen molar-refractivity contribution in [2.45, 2.75) is 6.92 Å². The van der Waals surface area contributed by atoms with Gasteiger partial charge in [-0.25, -0.2) is 14.4 Å². The standard InChI is InChI=1S/C25H18ClFIN5O2/c1-14(34)30-16-10-8-15(9-11-16)23-20(27)13-29-25(33-23)32-18-5-2-4-17(12-18)31-24(35)22-19(26)6-3-7-21(22)28/h2-13H,1H3,(H,30,34)(H,31,35)(H,29,32,33). The molecule has 0 atom stereocenters. The first-order valence-corrected chi connectivity index (χ1v) is 11.8. The summed E-state index contributed by atoms with van der Waals surface area (Å²) in [7, 11) is 0. The highest BCUT2D eigenvalue weighted by molar-refractivity contribution is 14.1. The summed E-state index contributed by atoms with van der Waals surface area (Å²) in [5.74, 6) is -0.938. The Labute approximate surface area is 219 Å². The molecular weight excluding hydrogens is 584 g/mol. The van der Waals surface area contributed by atoms with E-state index in [4.69, 9.17) is 11.6 Å². The van der Waals surface area contributed by atoms with Gasteiger partial charge in [0.25, 0.3) is 5.91 Å². The summed E-state index contributed by atoms with van der Waals surface area (Å²) in [5.41, 5.74) is 2.75. The third-order valence-electron chi connectivity index (χ3n) is 4.79. The predicted octanol–water partition coefficient (Wildman–Crippen LogP) is 6.50. The van der Waals surface area contributed by atoms with Crippen molar-refractivity contribution in [3.05, 3.63) is 92.9 Å². The molecule has 35 heavy (non-hydrogen) atoms. The van der Waals surface area contributed by atoms with Gasteiger partial charge in [-0.05, 0) is 65.1 Å². The van der Waals surface area contributed by atoms with Crippen LogP contribution in [0.3, 0.4) is 0 Å². The van der Waals surface area contributed by atoms with Crippen LogP contribution in [0.1, 0.15) is 17.3 Å². The number of halogens is 3. The predicted molar refractivity (Wildman–Crippen MR) is 144 cm³/mol. The largest absolute Gasteiger partial charge is 0.326 e. The lowest BCUT2D eigenvalue weighted by Crippen LogP contribution is -2.14. The fourth-order valence-electron chi connectivity index (χ4n) is 3.26. The highest BCUT2D eigenvalue weighted by Crippen LogP contribution is 2.26. The summed E-state index contributed by atoms with van der Waals surface area (Å²) in [4.78, 5) is 32.3. The van der Waals surface area contributed by atoms with Gasteiger partial charge in [-0.3, -0.25) is 9.59 Å². The molecule has 0 radical (unpaired) electrons.